The highest BCUT2D eigenvalue weighted by molar-refractivity contribution is 6.36. The number of likely N-dealkylation sites (tertiary alicyclic amines) is 1. The van der Waals surface area contributed by atoms with E-state index in [4.69, 9.17) is 32.7 Å². The topological polar surface area (TPSA) is 50.8 Å². The molecule has 1 aliphatic heterocycles. The Morgan fingerprint density at radius 2 is 1.88 bits per heavy atom. The van der Waals surface area contributed by atoms with Crippen molar-refractivity contribution in [3.63, 3.8) is 0 Å². The van der Waals surface area contributed by atoms with Crippen molar-refractivity contribution in [2.45, 2.75) is 43.2 Å². The fourth-order valence-corrected chi connectivity index (χ4v) is 5.82. The summed E-state index contributed by atoms with van der Waals surface area (Å²) in [6.07, 6.45) is 3.58. The molecule has 5 nitrogen and oxygen atoms in total. The standard InChI is InChI=1S/C24H27Cl2FN2O3/c1-29-9-8-24(14-4-5-20(31-2)21(10-14)32-3)7-6-15(11-22(24)29)28-23(30)16-12-19(27)18(26)13-17(16)25/h4-5,10,12-13,15,22H,6-9,11H2,1-3H3,(H,28,30)/t15-,22+,24+/m1/s1. The number of carbonyl (C=O) groups is 1. The Bertz CT molecular complexity index is 1030. The van der Waals surface area contributed by atoms with Crippen LogP contribution in [0.1, 0.15) is 41.6 Å². The average molecular weight is 481 g/mol. The smallest absolute Gasteiger partial charge is 0.253 e. The van der Waals surface area contributed by atoms with Gasteiger partial charge in [0.1, 0.15) is 5.82 Å². The SMILES string of the molecule is COc1ccc([C@@]23CC[C@@H](NC(=O)c4cc(F)c(Cl)cc4Cl)C[C@@H]2N(C)CC3)cc1OC. The number of hydrogen-bond donors (Lipinski definition) is 1. The van der Waals surface area contributed by atoms with Crippen LogP contribution in [0.15, 0.2) is 30.3 Å². The molecule has 8 heteroatoms. The second-order valence-corrected chi connectivity index (χ2v) is 9.48. The lowest BCUT2D eigenvalue weighted by Crippen LogP contribution is -2.51. The molecule has 2 fully saturated rings. The molecule has 0 radical (unpaired) electrons. The van der Waals surface area contributed by atoms with Crippen LogP contribution in [0.2, 0.25) is 10.0 Å². The Kier molecular flexibility index (Phi) is 6.57. The number of halogens is 3. The normalized spacial score (nSPS) is 25.3. The van der Waals surface area contributed by atoms with Crippen LogP contribution in [-0.4, -0.2) is 50.7 Å². The van der Waals surface area contributed by atoms with Gasteiger partial charge in [-0.25, -0.2) is 4.39 Å². The predicted octanol–water partition coefficient (Wildman–Crippen LogP) is 5.07. The summed E-state index contributed by atoms with van der Waals surface area (Å²) in [7, 11) is 5.41. The predicted molar refractivity (Wildman–Crippen MR) is 124 cm³/mol. The van der Waals surface area contributed by atoms with E-state index in [1.807, 2.05) is 6.07 Å². The van der Waals surface area contributed by atoms with Crippen molar-refractivity contribution in [3.05, 3.63) is 57.3 Å². The van der Waals surface area contributed by atoms with Gasteiger partial charge in [0.05, 0.1) is 29.8 Å². The molecule has 4 rings (SSSR count). The number of hydrogen-bond acceptors (Lipinski definition) is 4. The molecule has 0 bridgehead atoms. The molecule has 2 aliphatic rings. The third-order valence-corrected chi connectivity index (χ3v) is 7.68. The maximum Gasteiger partial charge on any atom is 0.253 e. The molecule has 2 aromatic rings. The van der Waals surface area contributed by atoms with Crippen molar-refractivity contribution in [3.8, 4) is 11.5 Å². The van der Waals surface area contributed by atoms with Gasteiger partial charge in [0.2, 0.25) is 0 Å². The van der Waals surface area contributed by atoms with Crippen LogP contribution in [0, 0.1) is 5.82 Å². The van der Waals surface area contributed by atoms with E-state index >= 15 is 0 Å². The fourth-order valence-electron chi connectivity index (χ4n) is 5.35. The first-order valence-electron chi connectivity index (χ1n) is 10.7. The summed E-state index contributed by atoms with van der Waals surface area (Å²) in [6, 6.07) is 8.76. The van der Waals surface area contributed by atoms with Crippen LogP contribution < -0.4 is 14.8 Å². The van der Waals surface area contributed by atoms with Crippen LogP contribution in [0.25, 0.3) is 0 Å². The molecule has 1 saturated heterocycles. The first kappa shape index (κ1) is 23.1. The number of carbonyl (C=O) groups excluding carboxylic acids is 1. The zero-order valence-electron chi connectivity index (χ0n) is 18.4. The first-order valence-corrected chi connectivity index (χ1v) is 11.4. The van der Waals surface area contributed by atoms with Gasteiger partial charge in [0, 0.05) is 17.5 Å². The van der Waals surface area contributed by atoms with Crippen molar-refractivity contribution >= 4 is 29.1 Å². The van der Waals surface area contributed by atoms with E-state index < -0.39 is 5.82 Å². The lowest BCUT2D eigenvalue weighted by molar-refractivity contribution is 0.0888. The molecule has 0 aromatic heterocycles. The molecule has 1 amide bonds. The molecule has 3 atom stereocenters. The summed E-state index contributed by atoms with van der Waals surface area (Å²) in [5.41, 5.74) is 1.32. The minimum Gasteiger partial charge on any atom is -0.493 e. The number of likely N-dealkylation sites (N-methyl/N-ethyl adjacent to an activating group) is 1. The summed E-state index contributed by atoms with van der Waals surface area (Å²) in [6.45, 7) is 0.980. The number of nitrogens with zero attached hydrogens (tertiary/aromatic N) is 1. The number of benzene rings is 2. The van der Waals surface area contributed by atoms with E-state index in [2.05, 4.69) is 29.4 Å². The first-order chi connectivity index (χ1) is 15.3. The molecular formula is C24H27Cl2FN2O3. The lowest BCUT2D eigenvalue weighted by Gasteiger charge is -2.45. The second kappa shape index (κ2) is 9.08. The monoisotopic (exact) mass is 480 g/mol. The van der Waals surface area contributed by atoms with Gasteiger partial charge in [-0.05, 0) is 69.1 Å². The molecule has 1 aliphatic carbocycles. The molecule has 1 saturated carbocycles. The van der Waals surface area contributed by atoms with Crippen LogP contribution in [0.5, 0.6) is 11.5 Å². The van der Waals surface area contributed by atoms with Gasteiger partial charge in [-0.2, -0.15) is 0 Å². The maximum atomic E-state index is 13.9. The minimum atomic E-state index is -0.659. The molecule has 1 heterocycles. The number of amides is 1. The van der Waals surface area contributed by atoms with Gasteiger partial charge in [0.25, 0.3) is 5.91 Å². The number of fused-ring (bicyclic) bond motifs is 1. The molecule has 0 spiro atoms. The van der Waals surface area contributed by atoms with Gasteiger partial charge in [0.15, 0.2) is 11.5 Å². The largest absolute Gasteiger partial charge is 0.493 e. The Morgan fingerprint density at radius 1 is 1.12 bits per heavy atom. The molecule has 172 valence electrons. The third-order valence-electron chi connectivity index (χ3n) is 7.08. The highest BCUT2D eigenvalue weighted by atomic mass is 35.5. The quantitative estimate of drug-likeness (QED) is 0.606. The number of methoxy groups -OCH3 is 2. The number of nitrogens with one attached hydrogen (secondary N) is 1. The Labute approximate surface area is 197 Å². The summed E-state index contributed by atoms with van der Waals surface area (Å²) in [4.78, 5) is 15.2. The fraction of sp³-hybridized carbons (Fsp3) is 0.458. The average Bonchev–Trinajstić information content (AvgIpc) is 3.12. The third kappa shape index (κ3) is 4.04. The Balaban J connectivity index is 1.55. The molecule has 0 unspecified atom stereocenters. The van der Waals surface area contributed by atoms with Gasteiger partial charge in [-0.3, -0.25) is 4.79 Å². The highest BCUT2D eigenvalue weighted by Crippen LogP contribution is 2.50. The van der Waals surface area contributed by atoms with E-state index in [0.717, 1.165) is 44.0 Å². The lowest BCUT2D eigenvalue weighted by atomic mass is 9.65. The van der Waals surface area contributed by atoms with Gasteiger partial charge >= 0.3 is 0 Å². The van der Waals surface area contributed by atoms with Crippen molar-refractivity contribution in [1.29, 1.82) is 0 Å². The van der Waals surface area contributed by atoms with E-state index in [9.17, 15) is 9.18 Å². The van der Waals surface area contributed by atoms with Crippen LogP contribution in [0.4, 0.5) is 4.39 Å². The van der Waals surface area contributed by atoms with Gasteiger partial charge in [-0.1, -0.05) is 29.3 Å². The van der Waals surface area contributed by atoms with E-state index in [1.54, 1.807) is 14.2 Å². The van der Waals surface area contributed by atoms with Gasteiger partial charge in [-0.15, -0.1) is 0 Å². The zero-order chi connectivity index (χ0) is 23.0. The second-order valence-electron chi connectivity index (χ2n) is 8.66. The zero-order valence-corrected chi connectivity index (χ0v) is 19.9. The van der Waals surface area contributed by atoms with Crippen LogP contribution >= 0.6 is 23.2 Å². The summed E-state index contributed by atoms with van der Waals surface area (Å²) < 4.78 is 24.8. The summed E-state index contributed by atoms with van der Waals surface area (Å²) in [5, 5.41) is 3.10. The number of rotatable bonds is 5. The molecule has 1 N–H and O–H groups in total. The van der Waals surface area contributed by atoms with Crippen molar-refractivity contribution < 1.29 is 18.7 Å². The Hall–Kier alpha value is -2.02. The highest BCUT2D eigenvalue weighted by Gasteiger charge is 2.50. The van der Waals surface area contributed by atoms with E-state index in [0.29, 0.717) is 5.75 Å². The van der Waals surface area contributed by atoms with Crippen molar-refractivity contribution in [2.75, 3.05) is 27.8 Å². The van der Waals surface area contributed by atoms with Gasteiger partial charge < -0.3 is 19.7 Å². The van der Waals surface area contributed by atoms with E-state index in [1.165, 1.54) is 11.6 Å². The molecule has 32 heavy (non-hydrogen) atoms. The van der Waals surface area contributed by atoms with E-state index in [-0.39, 0.29) is 39.0 Å². The minimum absolute atomic E-state index is 0.0143. The van der Waals surface area contributed by atoms with Crippen molar-refractivity contribution in [1.82, 2.24) is 10.2 Å². The van der Waals surface area contributed by atoms with Crippen molar-refractivity contribution in [2.24, 2.45) is 0 Å². The maximum absolute atomic E-state index is 13.9. The van der Waals surface area contributed by atoms with Crippen LogP contribution in [-0.2, 0) is 5.41 Å². The van der Waals surface area contributed by atoms with Crippen LogP contribution in [0.3, 0.4) is 0 Å². The summed E-state index contributed by atoms with van der Waals surface area (Å²) in [5.74, 6) is 0.397. The molecule has 2 aromatic carbocycles. The molecular weight excluding hydrogens is 454 g/mol. The Morgan fingerprint density at radius 3 is 2.59 bits per heavy atom. The number of ether oxygens (including phenoxy) is 2. The summed E-state index contributed by atoms with van der Waals surface area (Å²) >= 11 is 11.9.